The molecule has 1 heterocycles. The molecule has 22 heavy (non-hydrogen) atoms. The van der Waals surface area contributed by atoms with E-state index in [2.05, 4.69) is 4.98 Å². The van der Waals surface area contributed by atoms with Crippen LogP contribution in [0.2, 0.25) is 0 Å². The number of esters is 2. The normalized spacial score (nSPS) is 10.3. The number of aromatic nitrogens is 1. The molecule has 2 aromatic rings. The molecule has 0 atom stereocenters. The highest BCUT2D eigenvalue weighted by atomic mass is 16.5. The molecule has 1 N–H and O–H groups in total. The maximum atomic E-state index is 12.3. The van der Waals surface area contributed by atoms with Gasteiger partial charge in [0.15, 0.2) is 0 Å². The Morgan fingerprint density at radius 3 is 2.18 bits per heavy atom. The van der Waals surface area contributed by atoms with E-state index in [1.165, 1.54) is 0 Å². The fourth-order valence-corrected chi connectivity index (χ4v) is 2.28. The number of rotatable bonds is 5. The summed E-state index contributed by atoms with van der Waals surface area (Å²) in [5.74, 6) is -0.932. The highest BCUT2D eigenvalue weighted by Crippen LogP contribution is 2.29. The Kier molecular flexibility index (Phi) is 4.99. The van der Waals surface area contributed by atoms with E-state index >= 15 is 0 Å². The van der Waals surface area contributed by atoms with E-state index in [1.807, 2.05) is 30.3 Å². The van der Waals surface area contributed by atoms with Crippen LogP contribution in [0, 0.1) is 6.92 Å². The van der Waals surface area contributed by atoms with E-state index in [9.17, 15) is 9.59 Å². The first kappa shape index (κ1) is 15.8. The zero-order valence-corrected chi connectivity index (χ0v) is 12.9. The van der Waals surface area contributed by atoms with Crippen molar-refractivity contribution >= 4 is 11.9 Å². The predicted octanol–water partition coefficient (Wildman–Crippen LogP) is 3.34. The number of benzene rings is 1. The van der Waals surface area contributed by atoms with Gasteiger partial charge in [-0.3, -0.25) is 0 Å². The van der Waals surface area contributed by atoms with Crippen LogP contribution in [0.1, 0.15) is 40.3 Å². The molecule has 0 aliphatic heterocycles. The highest BCUT2D eigenvalue weighted by Gasteiger charge is 2.26. The van der Waals surface area contributed by atoms with Crippen LogP contribution < -0.4 is 0 Å². The van der Waals surface area contributed by atoms with Gasteiger partial charge >= 0.3 is 11.9 Å². The molecule has 0 fully saturated rings. The van der Waals surface area contributed by atoms with Crippen LogP contribution in [0.15, 0.2) is 30.3 Å². The average molecular weight is 301 g/mol. The van der Waals surface area contributed by atoms with Gasteiger partial charge in [0, 0.05) is 0 Å². The van der Waals surface area contributed by atoms with Crippen LogP contribution in [0.5, 0.6) is 0 Å². The van der Waals surface area contributed by atoms with Gasteiger partial charge in [0.25, 0.3) is 0 Å². The Morgan fingerprint density at radius 1 is 1.00 bits per heavy atom. The highest BCUT2D eigenvalue weighted by molar-refractivity contribution is 6.03. The Bertz CT molecular complexity index is 673. The molecule has 0 saturated heterocycles. The Balaban J connectivity index is 2.58. The maximum Gasteiger partial charge on any atom is 0.355 e. The van der Waals surface area contributed by atoms with Gasteiger partial charge in [-0.05, 0) is 31.9 Å². The third-order valence-electron chi connectivity index (χ3n) is 3.27. The molecule has 0 radical (unpaired) electrons. The molecular weight excluding hydrogens is 282 g/mol. The van der Waals surface area contributed by atoms with Crippen LogP contribution >= 0.6 is 0 Å². The van der Waals surface area contributed by atoms with Crippen molar-refractivity contribution in [2.75, 3.05) is 13.2 Å². The van der Waals surface area contributed by atoms with E-state index < -0.39 is 11.9 Å². The number of hydrogen-bond donors (Lipinski definition) is 1. The molecule has 1 aromatic heterocycles. The molecule has 2 rings (SSSR count). The minimum absolute atomic E-state index is 0.270. The minimum atomic E-state index is -0.479. The topological polar surface area (TPSA) is 68.4 Å². The molecule has 0 spiro atoms. The lowest BCUT2D eigenvalue weighted by Crippen LogP contribution is -2.09. The lowest BCUT2D eigenvalue weighted by molar-refractivity contribution is 0.0519. The molecular formula is C17H19NO4. The van der Waals surface area contributed by atoms with Crippen molar-refractivity contribution in [3.63, 3.8) is 0 Å². The zero-order valence-electron chi connectivity index (χ0n) is 12.9. The monoisotopic (exact) mass is 301 g/mol. The maximum absolute atomic E-state index is 12.3. The number of H-pyrrole nitrogens is 1. The average Bonchev–Trinajstić information content (AvgIpc) is 2.86. The second-order valence-electron chi connectivity index (χ2n) is 4.68. The van der Waals surface area contributed by atoms with Gasteiger partial charge in [-0.15, -0.1) is 0 Å². The second-order valence-corrected chi connectivity index (χ2v) is 4.68. The summed E-state index contributed by atoms with van der Waals surface area (Å²) in [5.41, 5.74) is 2.57. The molecule has 0 bridgehead atoms. The van der Waals surface area contributed by atoms with Gasteiger partial charge in [-0.1, -0.05) is 30.3 Å². The third kappa shape index (κ3) is 3.03. The predicted molar refractivity (Wildman–Crippen MR) is 82.9 cm³/mol. The molecule has 1 aromatic carbocycles. The number of carbonyl (C=O) groups is 2. The van der Waals surface area contributed by atoms with Gasteiger partial charge in [-0.2, -0.15) is 0 Å². The van der Waals surface area contributed by atoms with Crippen molar-refractivity contribution in [2.24, 2.45) is 0 Å². The summed E-state index contributed by atoms with van der Waals surface area (Å²) >= 11 is 0. The van der Waals surface area contributed by atoms with Gasteiger partial charge in [-0.25, -0.2) is 9.59 Å². The standard InChI is InChI=1S/C17H19NO4/c1-4-21-16(19)13-11(3)14(17(20)22-5-2)18-15(13)12-9-7-6-8-10-12/h6-10,18H,4-5H2,1-3H3. The Morgan fingerprint density at radius 2 is 1.59 bits per heavy atom. The van der Waals surface area contributed by atoms with E-state index in [4.69, 9.17) is 9.47 Å². The first-order valence-corrected chi connectivity index (χ1v) is 7.22. The van der Waals surface area contributed by atoms with Crippen molar-refractivity contribution in [3.05, 3.63) is 47.2 Å². The Hall–Kier alpha value is -2.56. The molecule has 5 nitrogen and oxygen atoms in total. The molecule has 0 saturated carbocycles. The number of nitrogens with one attached hydrogen (secondary N) is 1. The van der Waals surface area contributed by atoms with Gasteiger partial charge in [0.05, 0.1) is 24.5 Å². The summed E-state index contributed by atoms with van der Waals surface area (Å²) in [6.45, 7) is 5.73. The van der Waals surface area contributed by atoms with Crippen LogP contribution in [-0.4, -0.2) is 30.1 Å². The van der Waals surface area contributed by atoms with Crippen molar-refractivity contribution < 1.29 is 19.1 Å². The van der Waals surface area contributed by atoms with E-state index in [0.717, 1.165) is 5.56 Å². The first-order valence-electron chi connectivity index (χ1n) is 7.22. The lowest BCUT2D eigenvalue weighted by Gasteiger charge is -2.05. The fraction of sp³-hybridized carbons (Fsp3) is 0.294. The molecule has 0 aliphatic rings. The van der Waals surface area contributed by atoms with Gasteiger partial charge in [0.2, 0.25) is 0 Å². The van der Waals surface area contributed by atoms with Crippen molar-refractivity contribution in [1.82, 2.24) is 4.98 Å². The van der Waals surface area contributed by atoms with Crippen LogP contribution in [-0.2, 0) is 9.47 Å². The molecule has 0 aliphatic carbocycles. The zero-order chi connectivity index (χ0) is 16.1. The number of hydrogen-bond acceptors (Lipinski definition) is 4. The Labute approximate surface area is 129 Å². The van der Waals surface area contributed by atoms with Crippen LogP contribution in [0.3, 0.4) is 0 Å². The SMILES string of the molecule is CCOC(=O)c1[nH]c(-c2ccccc2)c(C(=O)OCC)c1C. The second kappa shape index (κ2) is 6.93. The first-order chi connectivity index (χ1) is 10.6. The lowest BCUT2D eigenvalue weighted by atomic mass is 10.0. The van der Waals surface area contributed by atoms with Gasteiger partial charge in [0.1, 0.15) is 5.69 Å². The summed E-state index contributed by atoms with van der Waals surface area (Å²) in [4.78, 5) is 27.3. The summed E-state index contributed by atoms with van der Waals surface area (Å²) in [5, 5.41) is 0. The minimum Gasteiger partial charge on any atom is -0.462 e. The quantitative estimate of drug-likeness (QED) is 0.860. The molecule has 116 valence electrons. The molecule has 0 unspecified atom stereocenters. The largest absolute Gasteiger partial charge is 0.462 e. The van der Waals surface area contributed by atoms with E-state index in [1.54, 1.807) is 20.8 Å². The molecule has 5 heteroatoms. The molecule has 0 amide bonds. The summed E-state index contributed by atoms with van der Waals surface area (Å²) < 4.78 is 10.1. The fourth-order valence-electron chi connectivity index (χ4n) is 2.28. The third-order valence-corrected chi connectivity index (χ3v) is 3.27. The summed E-state index contributed by atoms with van der Waals surface area (Å²) in [6.07, 6.45) is 0. The van der Waals surface area contributed by atoms with Crippen molar-refractivity contribution in [2.45, 2.75) is 20.8 Å². The summed E-state index contributed by atoms with van der Waals surface area (Å²) in [6, 6.07) is 9.34. The summed E-state index contributed by atoms with van der Waals surface area (Å²) in [7, 11) is 0. The van der Waals surface area contributed by atoms with E-state index in [0.29, 0.717) is 16.8 Å². The van der Waals surface area contributed by atoms with Crippen LogP contribution in [0.25, 0.3) is 11.3 Å². The van der Waals surface area contributed by atoms with Crippen molar-refractivity contribution in [1.29, 1.82) is 0 Å². The smallest absolute Gasteiger partial charge is 0.355 e. The number of carbonyl (C=O) groups excluding carboxylic acids is 2. The number of aromatic amines is 1. The van der Waals surface area contributed by atoms with E-state index in [-0.39, 0.29) is 18.9 Å². The number of ether oxygens (including phenoxy) is 2. The van der Waals surface area contributed by atoms with Crippen molar-refractivity contribution in [3.8, 4) is 11.3 Å². The van der Waals surface area contributed by atoms with Crippen LogP contribution in [0.4, 0.5) is 0 Å². The van der Waals surface area contributed by atoms with Gasteiger partial charge < -0.3 is 14.5 Å².